The van der Waals surface area contributed by atoms with Crippen molar-refractivity contribution in [1.82, 2.24) is 10.3 Å². The molecule has 150 valence electrons. The molecule has 2 aromatic rings. The Hall–Kier alpha value is -2.56. The van der Waals surface area contributed by atoms with E-state index >= 15 is 0 Å². The number of hydrogen-bond acceptors (Lipinski definition) is 3. The highest BCUT2D eigenvalue weighted by Gasteiger charge is 2.15. The van der Waals surface area contributed by atoms with Gasteiger partial charge in [0.25, 0.3) is 5.56 Å². The van der Waals surface area contributed by atoms with Crippen LogP contribution in [0.1, 0.15) is 62.4 Å². The zero-order chi connectivity index (χ0) is 20.1. The summed E-state index contributed by atoms with van der Waals surface area (Å²) in [7, 11) is 0. The molecule has 5 nitrogen and oxygen atoms in total. The quantitative estimate of drug-likeness (QED) is 0.718. The van der Waals surface area contributed by atoms with Gasteiger partial charge in [0.05, 0.1) is 6.61 Å². The average Bonchev–Trinajstić information content (AvgIpc) is 3.10. The number of carbonyl (C=O) groups is 1. The van der Waals surface area contributed by atoms with Crippen molar-refractivity contribution in [2.45, 2.75) is 64.8 Å². The number of aromatic amines is 1. The number of pyridine rings is 1. The standard InChI is InChI=1S/C23H30N2O3/c1-23(2,3)18-9-11-19(12-10-18)28-13-5-8-21(26)24-15-17-14-16-6-4-7-20(16)25-22(17)27/h9-12,14H,4-8,13,15H2,1-3H3,(H,24,26)(H,25,27). The maximum atomic E-state index is 12.1. The molecule has 1 aromatic carbocycles. The number of amides is 1. The van der Waals surface area contributed by atoms with E-state index in [9.17, 15) is 9.59 Å². The van der Waals surface area contributed by atoms with E-state index in [1.165, 1.54) is 11.1 Å². The molecular formula is C23H30N2O3. The van der Waals surface area contributed by atoms with Crippen LogP contribution in [0.4, 0.5) is 0 Å². The van der Waals surface area contributed by atoms with Gasteiger partial charge < -0.3 is 15.0 Å². The van der Waals surface area contributed by atoms with E-state index in [1.54, 1.807) is 0 Å². The number of aromatic nitrogens is 1. The fraction of sp³-hybridized carbons (Fsp3) is 0.478. The first-order valence-electron chi connectivity index (χ1n) is 10.1. The van der Waals surface area contributed by atoms with Crippen LogP contribution in [0.5, 0.6) is 5.75 Å². The van der Waals surface area contributed by atoms with Gasteiger partial charge in [-0.15, -0.1) is 0 Å². The van der Waals surface area contributed by atoms with E-state index in [-0.39, 0.29) is 23.4 Å². The van der Waals surface area contributed by atoms with Crippen molar-refractivity contribution in [3.05, 3.63) is 63.1 Å². The number of rotatable bonds is 7. The molecule has 3 rings (SSSR count). The van der Waals surface area contributed by atoms with Gasteiger partial charge in [-0.05, 0) is 60.4 Å². The Balaban J connectivity index is 1.39. The Labute approximate surface area is 166 Å². The molecule has 0 atom stereocenters. The maximum absolute atomic E-state index is 12.1. The van der Waals surface area contributed by atoms with Crippen LogP contribution in [-0.2, 0) is 29.6 Å². The highest BCUT2D eigenvalue weighted by atomic mass is 16.5. The van der Waals surface area contributed by atoms with Crippen molar-refractivity contribution in [2.75, 3.05) is 6.61 Å². The van der Waals surface area contributed by atoms with Gasteiger partial charge >= 0.3 is 0 Å². The summed E-state index contributed by atoms with van der Waals surface area (Å²) in [6, 6.07) is 10.0. The first-order chi connectivity index (χ1) is 13.3. The summed E-state index contributed by atoms with van der Waals surface area (Å²) < 4.78 is 5.72. The lowest BCUT2D eigenvalue weighted by Gasteiger charge is -2.19. The van der Waals surface area contributed by atoms with Crippen molar-refractivity contribution in [3.63, 3.8) is 0 Å². The van der Waals surface area contributed by atoms with E-state index in [4.69, 9.17) is 4.74 Å². The van der Waals surface area contributed by atoms with E-state index in [0.29, 0.717) is 25.0 Å². The van der Waals surface area contributed by atoms with Crippen molar-refractivity contribution in [3.8, 4) is 5.75 Å². The molecule has 1 aliphatic rings. The third-order valence-electron chi connectivity index (χ3n) is 5.18. The number of benzene rings is 1. The number of carbonyl (C=O) groups excluding carboxylic acids is 1. The average molecular weight is 383 g/mol. The number of hydrogen-bond donors (Lipinski definition) is 2. The minimum Gasteiger partial charge on any atom is -0.494 e. The number of fused-ring (bicyclic) bond motifs is 1. The lowest BCUT2D eigenvalue weighted by molar-refractivity contribution is -0.121. The fourth-order valence-corrected chi connectivity index (χ4v) is 3.45. The minimum absolute atomic E-state index is 0.0634. The van der Waals surface area contributed by atoms with Gasteiger partial charge in [-0.3, -0.25) is 9.59 Å². The lowest BCUT2D eigenvalue weighted by Crippen LogP contribution is -2.27. The molecule has 0 spiro atoms. The zero-order valence-electron chi connectivity index (χ0n) is 17.1. The molecule has 0 bridgehead atoms. The number of ether oxygens (including phenoxy) is 1. The van der Waals surface area contributed by atoms with Gasteiger partial charge in [0.2, 0.25) is 5.91 Å². The third-order valence-corrected chi connectivity index (χ3v) is 5.18. The third kappa shape index (κ3) is 5.24. The second kappa shape index (κ2) is 8.63. The van der Waals surface area contributed by atoms with Crippen molar-refractivity contribution < 1.29 is 9.53 Å². The first kappa shape index (κ1) is 20.2. The van der Waals surface area contributed by atoms with Crippen LogP contribution in [0.2, 0.25) is 0 Å². The topological polar surface area (TPSA) is 71.2 Å². The second-order valence-corrected chi connectivity index (χ2v) is 8.48. The van der Waals surface area contributed by atoms with Crippen molar-refractivity contribution in [1.29, 1.82) is 0 Å². The van der Waals surface area contributed by atoms with Crippen LogP contribution in [-0.4, -0.2) is 17.5 Å². The van der Waals surface area contributed by atoms with Gasteiger partial charge in [0.15, 0.2) is 0 Å². The van der Waals surface area contributed by atoms with Gasteiger partial charge in [-0.2, -0.15) is 0 Å². The van der Waals surface area contributed by atoms with E-state index in [1.807, 2.05) is 18.2 Å². The predicted molar refractivity (Wildman–Crippen MR) is 111 cm³/mol. The lowest BCUT2D eigenvalue weighted by atomic mass is 9.87. The molecular weight excluding hydrogens is 352 g/mol. The van der Waals surface area contributed by atoms with Crippen LogP contribution in [0, 0.1) is 0 Å². The fourth-order valence-electron chi connectivity index (χ4n) is 3.45. The van der Waals surface area contributed by atoms with Gasteiger partial charge in [-0.25, -0.2) is 0 Å². The first-order valence-corrected chi connectivity index (χ1v) is 10.1. The number of H-pyrrole nitrogens is 1. The summed E-state index contributed by atoms with van der Waals surface area (Å²) in [6.45, 7) is 7.30. The Morgan fingerprint density at radius 1 is 1.18 bits per heavy atom. The summed E-state index contributed by atoms with van der Waals surface area (Å²) in [5, 5.41) is 2.84. The van der Waals surface area contributed by atoms with Crippen molar-refractivity contribution >= 4 is 5.91 Å². The Morgan fingerprint density at radius 2 is 1.93 bits per heavy atom. The van der Waals surface area contributed by atoms with E-state index < -0.39 is 0 Å². The highest BCUT2D eigenvalue weighted by Crippen LogP contribution is 2.24. The van der Waals surface area contributed by atoms with Crippen molar-refractivity contribution in [2.24, 2.45) is 0 Å². The predicted octanol–water partition coefficient (Wildman–Crippen LogP) is 3.64. The smallest absolute Gasteiger partial charge is 0.253 e. The summed E-state index contributed by atoms with van der Waals surface area (Å²) in [4.78, 5) is 27.1. The van der Waals surface area contributed by atoms with Crippen LogP contribution >= 0.6 is 0 Å². The second-order valence-electron chi connectivity index (χ2n) is 8.48. The molecule has 0 saturated carbocycles. The molecule has 2 N–H and O–H groups in total. The molecule has 0 radical (unpaired) electrons. The molecule has 1 aromatic heterocycles. The zero-order valence-corrected chi connectivity index (χ0v) is 17.1. The van der Waals surface area contributed by atoms with Crippen LogP contribution in [0.25, 0.3) is 0 Å². The summed E-state index contributed by atoms with van der Waals surface area (Å²) in [5.41, 5.74) is 4.17. The number of nitrogens with one attached hydrogen (secondary N) is 2. The summed E-state index contributed by atoms with van der Waals surface area (Å²) in [6.07, 6.45) is 4.04. The molecule has 0 unspecified atom stereocenters. The SMILES string of the molecule is CC(C)(C)c1ccc(OCCCC(=O)NCc2cc3c([nH]c2=O)CCC3)cc1. The van der Waals surface area contributed by atoms with Crippen LogP contribution < -0.4 is 15.6 Å². The molecule has 1 amide bonds. The molecule has 1 heterocycles. The van der Waals surface area contributed by atoms with E-state index in [0.717, 1.165) is 30.7 Å². The highest BCUT2D eigenvalue weighted by molar-refractivity contribution is 5.75. The summed E-state index contributed by atoms with van der Waals surface area (Å²) in [5.74, 6) is 0.754. The molecule has 0 saturated heterocycles. The van der Waals surface area contributed by atoms with Gasteiger partial charge in [0.1, 0.15) is 5.75 Å². The van der Waals surface area contributed by atoms with Gasteiger partial charge in [0, 0.05) is 24.2 Å². The molecule has 28 heavy (non-hydrogen) atoms. The normalized spacial score (nSPS) is 13.2. The van der Waals surface area contributed by atoms with Crippen LogP contribution in [0.3, 0.4) is 0 Å². The number of aryl methyl sites for hydroxylation is 2. The Kier molecular flexibility index (Phi) is 6.22. The maximum Gasteiger partial charge on any atom is 0.253 e. The Morgan fingerprint density at radius 3 is 2.64 bits per heavy atom. The van der Waals surface area contributed by atoms with E-state index in [2.05, 4.69) is 43.2 Å². The largest absolute Gasteiger partial charge is 0.494 e. The summed E-state index contributed by atoms with van der Waals surface area (Å²) >= 11 is 0. The molecule has 0 aliphatic heterocycles. The Bertz CT molecular complexity index is 876. The van der Waals surface area contributed by atoms with Gasteiger partial charge in [-0.1, -0.05) is 32.9 Å². The molecule has 1 aliphatic carbocycles. The molecule has 0 fully saturated rings. The minimum atomic E-state index is -0.0945. The monoisotopic (exact) mass is 382 g/mol. The molecule has 5 heteroatoms. The van der Waals surface area contributed by atoms with Crippen LogP contribution in [0.15, 0.2) is 35.1 Å².